The number of aliphatic hydroxyl groups is 1. The summed E-state index contributed by atoms with van der Waals surface area (Å²) in [6.07, 6.45) is 1.58. The Hall–Kier alpha value is -4.34. The normalized spacial score (nSPS) is 14.7. The Labute approximate surface area is 229 Å². The van der Waals surface area contributed by atoms with Gasteiger partial charge < -0.3 is 14.9 Å². The average Bonchev–Trinajstić information content (AvgIpc) is 2.87. The fourth-order valence-corrected chi connectivity index (χ4v) is 4.46. The van der Waals surface area contributed by atoms with Crippen molar-refractivity contribution in [1.29, 1.82) is 0 Å². The first-order valence-corrected chi connectivity index (χ1v) is 12.8. The molecule has 3 aromatic rings. The maximum atomic E-state index is 12.1. The van der Waals surface area contributed by atoms with Crippen molar-refractivity contribution in [2.45, 2.75) is 58.2 Å². The summed E-state index contributed by atoms with van der Waals surface area (Å²) in [4.78, 5) is 23.1. The van der Waals surface area contributed by atoms with Crippen molar-refractivity contribution >= 4 is 23.3 Å². The molecule has 0 aromatic heterocycles. The van der Waals surface area contributed by atoms with E-state index in [9.17, 15) is 14.7 Å². The van der Waals surface area contributed by atoms with Crippen LogP contribution in [-0.2, 0) is 10.2 Å². The van der Waals surface area contributed by atoms with Crippen LogP contribution < -0.4 is 5.32 Å². The lowest BCUT2D eigenvalue weighted by atomic mass is 9.71. The molecule has 6 nitrogen and oxygen atoms in total. The van der Waals surface area contributed by atoms with E-state index >= 15 is 0 Å². The Balaban J connectivity index is 1.55. The van der Waals surface area contributed by atoms with Crippen molar-refractivity contribution in [3.8, 4) is 11.8 Å². The minimum atomic E-state index is -0.993. The van der Waals surface area contributed by atoms with Crippen LogP contribution >= 0.6 is 0 Å². The molecule has 0 fully saturated rings. The van der Waals surface area contributed by atoms with Crippen molar-refractivity contribution in [3.63, 3.8) is 0 Å². The fraction of sp³-hybridized carbons (Fsp3) is 0.273. The van der Waals surface area contributed by atoms with Gasteiger partial charge in [0.25, 0.3) is 0 Å². The van der Waals surface area contributed by atoms with Gasteiger partial charge in [0, 0.05) is 11.3 Å². The van der Waals surface area contributed by atoms with Crippen LogP contribution in [-0.4, -0.2) is 27.9 Å². The average molecular weight is 524 g/mol. The van der Waals surface area contributed by atoms with Gasteiger partial charge in [-0.2, -0.15) is 0 Å². The van der Waals surface area contributed by atoms with E-state index in [1.165, 1.54) is 12.1 Å². The maximum Gasteiger partial charge on any atom is 0.412 e. The number of fused-ring (bicyclic) bond motifs is 1. The molecule has 6 heteroatoms. The Morgan fingerprint density at radius 3 is 2.28 bits per heavy atom. The van der Waals surface area contributed by atoms with Gasteiger partial charge in [0.1, 0.15) is 11.7 Å². The fourth-order valence-electron chi connectivity index (χ4n) is 4.46. The van der Waals surface area contributed by atoms with E-state index in [1.807, 2.05) is 63.2 Å². The van der Waals surface area contributed by atoms with Crippen LogP contribution in [0.3, 0.4) is 0 Å². The molecule has 0 saturated carbocycles. The van der Waals surface area contributed by atoms with E-state index in [1.54, 1.807) is 12.1 Å². The highest BCUT2D eigenvalue weighted by molar-refractivity contribution is 5.88. The van der Waals surface area contributed by atoms with Gasteiger partial charge in [0.2, 0.25) is 0 Å². The van der Waals surface area contributed by atoms with Crippen molar-refractivity contribution in [3.05, 3.63) is 106 Å². The largest absolute Gasteiger partial charge is 0.478 e. The molecule has 0 bridgehead atoms. The SMILES string of the molecule is CC(C)(C)OC(=O)Nc1ccc(C2=CCC(C)(C)c3cc(C(O)C#Cc4ccc(C(=O)O)cc4)ccc32)cc1. The van der Waals surface area contributed by atoms with Gasteiger partial charge in [-0.1, -0.05) is 62.1 Å². The lowest BCUT2D eigenvalue weighted by Gasteiger charge is -2.33. The van der Waals surface area contributed by atoms with Gasteiger partial charge in [-0.25, -0.2) is 9.59 Å². The summed E-state index contributed by atoms with van der Waals surface area (Å²) >= 11 is 0. The predicted octanol–water partition coefficient (Wildman–Crippen LogP) is 6.93. The minimum Gasteiger partial charge on any atom is -0.478 e. The number of carboxylic acid groups (broad SMARTS) is 1. The Morgan fingerprint density at radius 2 is 1.67 bits per heavy atom. The molecule has 0 spiro atoms. The first kappa shape index (κ1) is 27.7. The number of hydrogen-bond acceptors (Lipinski definition) is 4. The molecule has 1 unspecified atom stereocenters. The van der Waals surface area contributed by atoms with Crippen LogP contribution in [0.25, 0.3) is 5.57 Å². The number of ether oxygens (including phenoxy) is 1. The number of aliphatic hydroxyl groups excluding tert-OH is 1. The number of anilines is 1. The first-order chi connectivity index (χ1) is 18.3. The van der Waals surface area contributed by atoms with E-state index in [4.69, 9.17) is 9.84 Å². The zero-order valence-electron chi connectivity index (χ0n) is 22.8. The number of benzene rings is 3. The van der Waals surface area contributed by atoms with E-state index in [-0.39, 0.29) is 11.0 Å². The summed E-state index contributed by atoms with van der Waals surface area (Å²) in [5.41, 5.74) is 5.81. The molecule has 0 aliphatic heterocycles. The summed E-state index contributed by atoms with van der Waals surface area (Å²) in [5, 5.41) is 22.6. The molecule has 4 rings (SSSR count). The minimum absolute atomic E-state index is 0.132. The number of carbonyl (C=O) groups excluding carboxylic acids is 1. The van der Waals surface area contributed by atoms with E-state index in [2.05, 4.69) is 37.1 Å². The number of nitrogens with one attached hydrogen (secondary N) is 1. The maximum absolute atomic E-state index is 12.1. The van der Waals surface area contributed by atoms with E-state index in [0.29, 0.717) is 16.8 Å². The summed E-state index contributed by atoms with van der Waals surface area (Å²) in [7, 11) is 0. The lowest BCUT2D eigenvalue weighted by Crippen LogP contribution is -2.27. The smallest absolute Gasteiger partial charge is 0.412 e. The molecule has 1 amide bonds. The molecule has 0 radical (unpaired) electrons. The highest BCUT2D eigenvalue weighted by Gasteiger charge is 2.29. The van der Waals surface area contributed by atoms with Gasteiger partial charge in [0.05, 0.1) is 5.56 Å². The van der Waals surface area contributed by atoms with Crippen molar-refractivity contribution < 1.29 is 24.5 Å². The number of carboxylic acids is 1. The van der Waals surface area contributed by atoms with Crippen molar-refractivity contribution in [2.75, 3.05) is 5.32 Å². The van der Waals surface area contributed by atoms with Gasteiger partial charge >= 0.3 is 12.1 Å². The third-order valence-corrected chi connectivity index (χ3v) is 6.52. The summed E-state index contributed by atoms with van der Waals surface area (Å²) in [6.45, 7) is 9.83. The highest BCUT2D eigenvalue weighted by Crippen LogP contribution is 2.42. The molecule has 1 aliphatic carbocycles. The number of carbonyl (C=O) groups is 2. The number of amides is 1. The van der Waals surface area contributed by atoms with Gasteiger partial charge in [0.15, 0.2) is 0 Å². The Kier molecular flexibility index (Phi) is 7.67. The van der Waals surface area contributed by atoms with Gasteiger partial charge in [-0.05, 0) is 96.8 Å². The number of rotatable bonds is 4. The topological polar surface area (TPSA) is 95.9 Å². The summed E-state index contributed by atoms with van der Waals surface area (Å²) in [6, 6.07) is 19.8. The third kappa shape index (κ3) is 6.76. The standard InChI is InChI=1S/C33H33NO5/c1-32(2,3)39-31(38)34-25-14-11-22(12-15-25)26-18-19-33(4,5)28-20-24(13-16-27(26)28)29(35)17-8-21-6-9-23(10-7-21)30(36)37/h6-7,9-16,18,20,29,35H,19H2,1-5H3,(H,34,38)(H,36,37). The number of aromatic carboxylic acids is 1. The van der Waals surface area contributed by atoms with Crippen LogP contribution in [0.1, 0.15) is 85.3 Å². The highest BCUT2D eigenvalue weighted by atomic mass is 16.6. The second-order valence-electron chi connectivity index (χ2n) is 11.3. The quantitative estimate of drug-likeness (QED) is 0.322. The molecule has 200 valence electrons. The second-order valence-corrected chi connectivity index (χ2v) is 11.3. The summed E-state index contributed by atoms with van der Waals surface area (Å²) < 4.78 is 5.33. The molecule has 39 heavy (non-hydrogen) atoms. The molecular weight excluding hydrogens is 490 g/mol. The van der Waals surface area contributed by atoms with Crippen LogP contribution in [0, 0.1) is 11.8 Å². The molecule has 1 aliphatic rings. The summed E-state index contributed by atoms with van der Waals surface area (Å²) in [5.74, 6) is 4.82. The van der Waals surface area contributed by atoms with E-state index in [0.717, 1.165) is 28.7 Å². The van der Waals surface area contributed by atoms with E-state index < -0.39 is 23.8 Å². The lowest BCUT2D eigenvalue weighted by molar-refractivity contribution is 0.0634. The first-order valence-electron chi connectivity index (χ1n) is 12.8. The number of hydrogen-bond donors (Lipinski definition) is 3. The van der Waals surface area contributed by atoms with Crippen molar-refractivity contribution in [1.82, 2.24) is 0 Å². The van der Waals surface area contributed by atoms with Crippen LogP contribution in [0.15, 0.2) is 72.8 Å². The Morgan fingerprint density at radius 1 is 1.00 bits per heavy atom. The van der Waals surface area contributed by atoms with Crippen LogP contribution in [0.2, 0.25) is 0 Å². The molecule has 0 heterocycles. The molecular formula is C33H33NO5. The molecule has 1 atom stereocenters. The van der Waals surface area contributed by atoms with Crippen LogP contribution in [0.4, 0.5) is 10.5 Å². The Bertz CT molecular complexity index is 1480. The predicted molar refractivity (Wildman–Crippen MR) is 153 cm³/mol. The van der Waals surface area contributed by atoms with Crippen LogP contribution in [0.5, 0.6) is 0 Å². The number of allylic oxidation sites excluding steroid dienone is 1. The molecule has 3 N–H and O–H groups in total. The zero-order valence-corrected chi connectivity index (χ0v) is 22.8. The second kappa shape index (κ2) is 10.8. The van der Waals surface area contributed by atoms with Gasteiger partial charge in [-0.15, -0.1) is 0 Å². The monoisotopic (exact) mass is 523 g/mol. The van der Waals surface area contributed by atoms with Gasteiger partial charge in [-0.3, -0.25) is 5.32 Å². The third-order valence-electron chi connectivity index (χ3n) is 6.52. The zero-order chi connectivity index (χ0) is 28.4. The molecule has 0 saturated heterocycles. The molecule has 3 aromatic carbocycles. The van der Waals surface area contributed by atoms with Crippen molar-refractivity contribution in [2.24, 2.45) is 0 Å².